The molecule has 5 nitrogen and oxygen atoms in total. The van der Waals surface area contributed by atoms with E-state index in [9.17, 15) is 0 Å². The van der Waals surface area contributed by atoms with E-state index in [1.807, 2.05) is 48.5 Å². The maximum absolute atomic E-state index is 6.12. The second kappa shape index (κ2) is 10.0. The zero-order chi connectivity index (χ0) is 22.7. The van der Waals surface area contributed by atoms with Gasteiger partial charge in [-0.05, 0) is 67.5 Å². The quantitative estimate of drug-likeness (QED) is 0.289. The van der Waals surface area contributed by atoms with Gasteiger partial charge in [-0.3, -0.25) is 0 Å². The number of allylic oxidation sites excluding steroid dienone is 1. The van der Waals surface area contributed by atoms with Gasteiger partial charge < -0.3 is 14.7 Å². The maximum Gasteiger partial charge on any atom is 0.258 e. The number of nitrogens with zero attached hydrogens (tertiary/aromatic N) is 3. The third kappa shape index (κ3) is 4.82. The Hall–Kier alpha value is -2.41. The van der Waals surface area contributed by atoms with E-state index in [0.717, 1.165) is 48.2 Å². The molecule has 1 N–H and O–H groups in total. The predicted octanol–water partition coefficient (Wildman–Crippen LogP) is 6.90. The highest BCUT2D eigenvalue weighted by atomic mass is 35.5. The largest absolute Gasteiger partial charge is 0.351 e. The van der Waals surface area contributed by atoms with E-state index in [4.69, 9.17) is 44.9 Å². The Labute approximate surface area is 203 Å². The molecule has 0 bridgehead atoms. The Morgan fingerprint density at radius 2 is 1.69 bits per heavy atom. The van der Waals surface area contributed by atoms with Gasteiger partial charge in [0, 0.05) is 27.9 Å². The van der Waals surface area contributed by atoms with Crippen LogP contribution in [0.2, 0.25) is 10.0 Å². The van der Waals surface area contributed by atoms with Gasteiger partial charge in [0.1, 0.15) is 0 Å². The number of aromatic nitrogens is 2. The molecule has 0 radical (unpaired) electrons. The molecule has 0 saturated heterocycles. The Morgan fingerprint density at radius 1 is 1.03 bits per heavy atom. The van der Waals surface area contributed by atoms with Crippen molar-refractivity contribution in [1.29, 1.82) is 0 Å². The number of hydrogen-bond donors (Lipinski definition) is 1. The molecule has 1 aromatic heterocycles. The summed E-state index contributed by atoms with van der Waals surface area (Å²) in [4.78, 5) is 6.84. The second-order valence-corrected chi connectivity index (χ2v) is 8.98. The standard InChI is InChI=1S/C24H24Cl2N4OS/c1-3-4-5-14-30-15(2)20(21(27-24(30)32)16-6-10-18(25)11-7-16)23-28-22(29-31-23)17-8-12-19(26)13-9-17/h6-13,21H,3-5,14H2,1-2H3,(H,27,32). The minimum absolute atomic E-state index is 0.222. The molecule has 0 saturated carbocycles. The molecule has 1 atom stereocenters. The molecule has 1 aliphatic heterocycles. The summed E-state index contributed by atoms with van der Waals surface area (Å²) < 4.78 is 5.76. The minimum atomic E-state index is -0.222. The van der Waals surface area contributed by atoms with Crippen LogP contribution in [0.4, 0.5) is 0 Å². The van der Waals surface area contributed by atoms with Gasteiger partial charge >= 0.3 is 0 Å². The Kier molecular flexibility index (Phi) is 7.13. The highest BCUT2D eigenvalue weighted by molar-refractivity contribution is 7.80. The van der Waals surface area contributed by atoms with E-state index in [2.05, 4.69) is 29.2 Å². The van der Waals surface area contributed by atoms with Gasteiger partial charge in [0.15, 0.2) is 5.11 Å². The fourth-order valence-corrected chi connectivity index (χ4v) is 4.40. The molecule has 0 spiro atoms. The molecule has 166 valence electrons. The summed E-state index contributed by atoms with van der Waals surface area (Å²) in [6.07, 6.45) is 3.34. The molecule has 0 amide bonds. The first-order valence-electron chi connectivity index (χ1n) is 10.6. The van der Waals surface area contributed by atoms with Crippen LogP contribution in [0.15, 0.2) is 58.8 Å². The third-order valence-electron chi connectivity index (χ3n) is 5.54. The first-order chi connectivity index (χ1) is 15.5. The van der Waals surface area contributed by atoms with Crippen LogP contribution in [0.25, 0.3) is 17.0 Å². The van der Waals surface area contributed by atoms with Gasteiger partial charge in [-0.25, -0.2) is 0 Å². The lowest BCUT2D eigenvalue weighted by Crippen LogP contribution is -2.46. The lowest BCUT2D eigenvalue weighted by atomic mass is 9.94. The van der Waals surface area contributed by atoms with Crippen molar-refractivity contribution in [3.8, 4) is 11.4 Å². The number of unbranched alkanes of at least 4 members (excludes halogenated alkanes) is 2. The van der Waals surface area contributed by atoms with Crippen LogP contribution in [0.1, 0.15) is 50.6 Å². The van der Waals surface area contributed by atoms with E-state index < -0.39 is 0 Å². The average molecular weight is 487 g/mol. The van der Waals surface area contributed by atoms with E-state index >= 15 is 0 Å². The number of hydrogen-bond acceptors (Lipinski definition) is 4. The predicted molar refractivity (Wildman–Crippen MR) is 133 cm³/mol. The van der Waals surface area contributed by atoms with Gasteiger partial charge in [-0.15, -0.1) is 0 Å². The lowest BCUT2D eigenvalue weighted by Gasteiger charge is -2.37. The van der Waals surface area contributed by atoms with Crippen LogP contribution >= 0.6 is 35.4 Å². The van der Waals surface area contributed by atoms with Crippen molar-refractivity contribution in [2.24, 2.45) is 0 Å². The summed E-state index contributed by atoms with van der Waals surface area (Å²) in [7, 11) is 0. The van der Waals surface area contributed by atoms with Crippen LogP contribution in [0.3, 0.4) is 0 Å². The average Bonchev–Trinajstić information content (AvgIpc) is 3.26. The molecule has 1 unspecified atom stereocenters. The van der Waals surface area contributed by atoms with Crippen molar-refractivity contribution in [1.82, 2.24) is 20.4 Å². The fraction of sp³-hybridized carbons (Fsp3) is 0.292. The summed E-state index contributed by atoms with van der Waals surface area (Å²) in [5, 5.41) is 9.73. The number of nitrogens with one attached hydrogen (secondary N) is 1. The summed E-state index contributed by atoms with van der Waals surface area (Å²) in [5.74, 6) is 0.973. The van der Waals surface area contributed by atoms with E-state index in [1.54, 1.807) is 0 Å². The molecule has 8 heteroatoms. The fourth-order valence-electron chi connectivity index (χ4n) is 3.80. The second-order valence-electron chi connectivity index (χ2n) is 7.72. The summed E-state index contributed by atoms with van der Waals surface area (Å²) >= 11 is 17.9. The van der Waals surface area contributed by atoms with Crippen molar-refractivity contribution in [2.45, 2.75) is 39.2 Å². The Balaban J connectivity index is 1.76. The molecule has 3 aromatic rings. The highest BCUT2D eigenvalue weighted by Gasteiger charge is 2.33. The number of benzene rings is 2. The number of halogens is 2. The van der Waals surface area contributed by atoms with Crippen molar-refractivity contribution in [2.75, 3.05) is 6.54 Å². The van der Waals surface area contributed by atoms with Crippen molar-refractivity contribution >= 4 is 46.1 Å². The van der Waals surface area contributed by atoms with Gasteiger partial charge in [0.25, 0.3) is 5.89 Å². The summed E-state index contributed by atoms with van der Waals surface area (Å²) in [6.45, 7) is 5.08. The molecule has 1 aliphatic rings. The number of rotatable bonds is 7. The van der Waals surface area contributed by atoms with Gasteiger partial charge in [-0.1, -0.05) is 60.3 Å². The van der Waals surface area contributed by atoms with Crippen molar-refractivity contribution in [3.05, 3.63) is 75.7 Å². The molecular weight excluding hydrogens is 463 g/mol. The lowest BCUT2D eigenvalue weighted by molar-refractivity contribution is 0.395. The molecule has 4 rings (SSSR count). The monoisotopic (exact) mass is 486 g/mol. The maximum atomic E-state index is 6.12. The Morgan fingerprint density at radius 3 is 2.34 bits per heavy atom. The zero-order valence-corrected chi connectivity index (χ0v) is 20.3. The van der Waals surface area contributed by atoms with Crippen LogP contribution in [0.5, 0.6) is 0 Å². The van der Waals surface area contributed by atoms with Gasteiger partial charge in [0.2, 0.25) is 5.82 Å². The molecule has 2 aromatic carbocycles. The summed E-state index contributed by atoms with van der Waals surface area (Å²) in [5.41, 5.74) is 3.77. The first kappa shape index (κ1) is 22.8. The van der Waals surface area contributed by atoms with Crippen LogP contribution in [-0.2, 0) is 0 Å². The SMILES string of the molecule is CCCCCN1C(=S)NC(c2ccc(Cl)cc2)C(c2nc(-c3ccc(Cl)cc3)no2)=C1C. The van der Waals surface area contributed by atoms with Gasteiger partial charge in [0.05, 0.1) is 11.6 Å². The molecular formula is C24H24Cl2N4OS. The zero-order valence-electron chi connectivity index (χ0n) is 17.9. The molecule has 0 fully saturated rings. The first-order valence-corrected chi connectivity index (χ1v) is 11.8. The van der Waals surface area contributed by atoms with E-state index in [1.165, 1.54) is 0 Å². The topological polar surface area (TPSA) is 54.2 Å². The smallest absolute Gasteiger partial charge is 0.258 e. The minimum Gasteiger partial charge on any atom is -0.351 e. The molecule has 0 aliphatic carbocycles. The van der Waals surface area contributed by atoms with E-state index in [-0.39, 0.29) is 6.04 Å². The Bertz CT molecular complexity index is 1130. The van der Waals surface area contributed by atoms with Crippen molar-refractivity contribution in [3.63, 3.8) is 0 Å². The van der Waals surface area contributed by atoms with Gasteiger partial charge in [-0.2, -0.15) is 4.98 Å². The van der Waals surface area contributed by atoms with E-state index in [0.29, 0.717) is 26.9 Å². The molecule has 32 heavy (non-hydrogen) atoms. The van der Waals surface area contributed by atoms with Crippen molar-refractivity contribution < 1.29 is 4.52 Å². The third-order valence-corrected chi connectivity index (χ3v) is 6.39. The normalized spacial score (nSPS) is 16.4. The highest BCUT2D eigenvalue weighted by Crippen LogP contribution is 2.37. The molecule has 2 heterocycles. The van der Waals surface area contributed by atoms with Crippen LogP contribution in [-0.4, -0.2) is 26.7 Å². The summed E-state index contributed by atoms with van der Waals surface area (Å²) in [6, 6.07) is 14.9. The number of thiocarbonyl (C=S) groups is 1. The van der Waals surface area contributed by atoms with Crippen LogP contribution < -0.4 is 5.32 Å². The van der Waals surface area contributed by atoms with Crippen LogP contribution in [0, 0.1) is 0 Å².